The van der Waals surface area contributed by atoms with Gasteiger partial charge in [0.1, 0.15) is 5.70 Å². The average molecular weight is 383 g/mol. The molecule has 1 saturated heterocycles. The lowest BCUT2D eigenvalue weighted by atomic mass is 10.1. The van der Waals surface area contributed by atoms with Crippen molar-refractivity contribution in [1.29, 1.82) is 0 Å². The molecule has 0 spiro atoms. The normalized spacial score (nSPS) is 17.0. The number of benzene rings is 1. The number of hydrogen-bond acceptors (Lipinski definition) is 4. The molecule has 2 rings (SSSR count). The van der Waals surface area contributed by atoms with Gasteiger partial charge in [0.2, 0.25) is 0 Å². The van der Waals surface area contributed by atoms with Crippen molar-refractivity contribution in [2.45, 2.75) is 33.3 Å². The number of urea groups is 1. The van der Waals surface area contributed by atoms with Crippen molar-refractivity contribution in [2.75, 3.05) is 6.61 Å². The van der Waals surface area contributed by atoms with Crippen LogP contribution in [0.5, 0.6) is 11.5 Å². The van der Waals surface area contributed by atoms with Gasteiger partial charge in [-0.25, -0.2) is 4.79 Å². The second-order valence-corrected chi connectivity index (χ2v) is 5.92. The highest BCUT2D eigenvalue weighted by Crippen LogP contribution is 2.38. The molecule has 1 fully saturated rings. The molecule has 1 aliphatic rings. The fraction of sp³-hybridized carbons (Fsp3) is 0.375. The molecule has 0 radical (unpaired) electrons. The predicted molar refractivity (Wildman–Crippen MR) is 90.3 cm³/mol. The Morgan fingerprint density at radius 1 is 1.26 bits per heavy atom. The topological polar surface area (TPSA) is 76.7 Å². The van der Waals surface area contributed by atoms with Crippen LogP contribution in [0.15, 0.2) is 22.3 Å². The van der Waals surface area contributed by atoms with Crippen molar-refractivity contribution >= 4 is 33.9 Å². The van der Waals surface area contributed by atoms with Gasteiger partial charge in [0.15, 0.2) is 11.5 Å². The molecule has 1 heterocycles. The van der Waals surface area contributed by atoms with Gasteiger partial charge in [-0.2, -0.15) is 0 Å². The quantitative estimate of drug-likeness (QED) is 0.584. The summed E-state index contributed by atoms with van der Waals surface area (Å²) >= 11 is 3.48. The zero-order valence-electron chi connectivity index (χ0n) is 13.2. The number of carbonyl (C=O) groups is 2. The lowest BCUT2D eigenvalue weighted by molar-refractivity contribution is -0.115. The molecule has 23 heavy (non-hydrogen) atoms. The molecule has 1 aromatic rings. The smallest absolute Gasteiger partial charge is 0.326 e. The minimum atomic E-state index is -0.526. The first-order chi connectivity index (χ1) is 10.9. The van der Waals surface area contributed by atoms with Crippen LogP contribution in [0.25, 0.3) is 6.08 Å². The molecule has 1 aromatic carbocycles. The third-order valence-corrected chi connectivity index (χ3v) is 3.85. The second kappa shape index (κ2) is 7.50. The summed E-state index contributed by atoms with van der Waals surface area (Å²) in [5.41, 5.74) is 0.907. The Kier molecular flexibility index (Phi) is 5.65. The Labute approximate surface area is 143 Å². The van der Waals surface area contributed by atoms with E-state index in [4.69, 9.17) is 9.47 Å². The van der Waals surface area contributed by atoms with Crippen LogP contribution in [-0.4, -0.2) is 24.6 Å². The Morgan fingerprint density at radius 3 is 2.57 bits per heavy atom. The van der Waals surface area contributed by atoms with Gasteiger partial charge in [0.05, 0.1) is 17.2 Å². The van der Waals surface area contributed by atoms with E-state index in [1.807, 2.05) is 26.8 Å². The molecule has 3 amide bonds. The molecule has 1 unspecified atom stereocenters. The van der Waals surface area contributed by atoms with Crippen LogP contribution >= 0.6 is 15.9 Å². The summed E-state index contributed by atoms with van der Waals surface area (Å²) < 4.78 is 12.3. The largest absolute Gasteiger partial charge is 0.490 e. The van der Waals surface area contributed by atoms with E-state index in [0.29, 0.717) is 23.7 Å². The monoisotopic (exact) mass is 382 g/mol. The average Bonchev–Trinajstić information content (AvgIpc) is 2.80. The van der Waals surface area contributed by atoms with Crippen molar-refractivity contribution in [1.82, 2.24) is 10.6 Å². The molecule has 6 nitrogen and oxygen atoms in total. The standard InChI is InChI=1S/C16H19BrN2O4/c1-4-9(3)23-14-11(17)6-10(8-13(14)22-5-2)7-12-15(20)19-16(21)18-12/h6-9H,4-5H2,1-3H3,(H2,18,19,20,21). The summed E-state index contributed by atoms with van der Waals surface area (Å²) in [4.78, 5) is 22.8. The van der Waals surface area contributed by atoms with Gasteiger partial charge in [0, 0.05) is 0 Å². The molecule has 0 bridgehead atoms. The number of hydrogen-bond donors (Lipinski definition) is 2. The van der Waals surface area contributed by atoms with E-state index in [2.05, 4.69) is 26.6 Å². The third kappa shape index (κ3) is 4.25. The number of rotatable bonds is 6. The Bertz CT molecular complexity index is 658. The van der Waals surface area contributed by atoms with Crippen LogP contribution in [0.2, 0.25) is 0 Å². The maximum absolute atomic E-state index is 11.6. The number of ether oxygens (including phenoxy) is 2. The molecule has 2 N–H and O–H groups in total. The fourth-order valence-corrected chi connectivity index (χ4v) is 2.54. The first kappa shape index (κ1) is 17.3. The molecule has 0 aliphatic carbocycles. The summed E-state index contributed by atoms with van der Waals surface area (Å²) in [5, 5.41) is 4.61. The molecule has 1 aliphatic heterocycles. The van der Waals surface area contributed by atoms with Crippen molar-refractivity contribution < 1.29 is 19.1 Å². The summed E-state index contributed by atoms with van der Waals surface area (Å²) in [7, 11) is 0. The number of carbonyl (C=O) groups excluding carboxylic acids is 2. The van der Waals surface area contributed by atoms with Gasteiger partial charge in [-0.05, 0) is 60.0 Å². The number of amides is 3. The predicted octanol–water partition coefficient (Wildman–Crippen LogP) is 3.21. The first-order valence-electron chi connectivity index (χ1n) is 7.41. The van der Waals surface area contributed by atoms with Gasteiger partial charge in [-0.1, -0.05) is 6.92 Å². The first-order valence-corrected chi connectivity index (χ1v) is 8.20. The zero-order chi connectivity index (χ0) is 17.0. The minimum absolute atomic E-state index is 0.0506. The van der Waals surface area contributed by atoms with Crippen LogP contribution in [0, 0.1) is 0 Å². The Morgan fingerprint density at radius 2 is 2.00 bits per heavy atom. The van der Waals surface area contributed by atoms with Gasteiger partial charge >= 0.3 is 6.03 Å². The second-order valence-electron chi connectivity index (χ2n) is 5.07. The van der Waals surface area contributed by atoms with Gasteiger partial charge in [0.25, 0.3) is 5.91 Å². The van der Waals surface area contributed by atoms with E-state index in [1.165, 1.54) is 0 Å². The van der Waals surface area contributed by atoms with Crippen molar-refractivity contribution in [3.05, 3.63) is 27.9 Å². The van der Waals surface area contributed by atoms with Crippen LogP contribution in [0.4, 0.5) is 4.79 Å². The summed E-state index contributed by atoms with van der Waals surface area (Å²) in [6.07, 6.45) is 2.51. The van der Waals surface area contributed by atoms with Crippen molar-refractivity contribution in [3.63, 3.8) is 0 Å². The highest BCUT2D eigenvalue weighted by atomic mass is 79.9. The summed E-state index contributed by atoms with van der Waals surface area (Å²) in [6.45, 7) is 6.40. The SMILES string of the molecule is CCOc1cc(C=C2NC(=O)NC2=O)cc(Br)c1OC(C)CC. The molecule has 7 heteroatoms. The molecule has 0 saturated carbocycles. The van der Waals surface area contributed by atoms with E-state index >= 15 is 0 Å². The maximum atomic E-state index is 11.6. The molecular formula is C16H19BrN2O4. The van der Waals surface area contributed by atoms with E-state index in [1.54, 1.807) is 12.1 Å². The summed E-state index contributed by atoms with van der Waals surface area (Å²) in [5.74, 6) is 0.756. The van der Waals surface area contributed by atoms with E-state index in [9.17, 15) is 9.59 Å². The number of imide groups is 1. The minimum Gasteiger partial charge on any atom is -0.490 e. The number of halogens is 1. The van der Waals surface area contributed by atoms with Crippen LogP contribution in [0.1, 0.15) is 32.8 Å². The Balaban J connectivity index is 2.37. The van der Waals surface area contributed by atoms with Crippen molar-refractivity contribution in [2.24, 2.45) is 0 Å². The maximum Gasteiger partial charge on any atom is 0.326 e. The van der Waals surface area contributed by atoms with Crippen LogP contribution < -0.4 is 20.1 Å². The van der Waals surface area contributed by atoms with E-state index in [-0.39, 0.29) is 11.8 Å². The number of nitrogens with one attached hydrogen (secondary N) is 2. The van der Waals surface area contributed by atoms with Gasteiger partial charge < -0.3 is 14.8 Å². The molecule has 124 valence electrons. The highest BCUT2D eigenvalue weighted by molar-refractivity contribution is 9.10. The molecule has 1 atom stereocenters. The van der Waals surface area contributed by atoms with E-state index < -0.39 is 11.9 Å². The van der Waals surface area contributed by atoms with Crippen LogP contribution in [0.3, 0.4) is 0 Å². The Hall–Kier alpha value is -2.02. The van der Waals surface area contributed by atoms with E-state index in [0.717, 1.165) is 10.9 Å². The summed E-state index contributed by atoms with van der Waals surface area (Å²) in [6, 6.07) is 3.06. The molecular weight excluding hydrogens is 364 g/mol. The lowest BCUT2D eigenvalue weighted by Gasteiger charge is -2.18. The lowest BCUT2D eigenvalue weighted by Crippen LogP contribution is -2.22. The highest BCUT2D eigenvalue weighted by Gasteiger charge is 2.23. The third-order valence-electron chi connectivity index (χ3n) is 3.26. The van der Waals surface area contributed by atoms with Crippen molar-refractivity contribution in [3.8, 4) is 11.5 Å². The zero-order valence-corrected chi connectivity index (χ0v) is 14.8. The van der Waals surface area contributed by atoms with Gasteiger partial charge in [-0.15, -0.1) is 0 Å². The fourth-order valence-electron chi connectivity index (χ4n) is 1.98. The van der Waals surface area contributed by atoms with Crippen LogP contribution in [-0.2, 0) is 4.79 Å². The molecule has 0 aromatic heterocycles. The van der Waals surface area contributed by atoms with Gasteiger partial charge in [-0.3, -0.25) is 10.1 Å².